The molecule has 0 bridgehead atoms. The molecule has 0 spiro atoms. The number of anilines is 1. The molecule has 1 aromatic carbocycles. The van der Waals surface area contributed by atoms with Crippen LogP contribution in [0.3, 0.4) is 0 Å². The number of carbonyl (C=O) groups is 1. The number of benzene rings is 1. The average molecular weight is 369 g/mol. The summed E-state index contributed by atoms with van der Waals surface area (Å²) >= 11 is 1.27. The number of nitriles is 1. The van der Waals surface area contributed by atoms with E-state index in [9.17, 15) is 14.4 Å². The molecule has 2 aromatic rings. The maximum absolute atomic E-state index is 13.4. The normalized spacial score (nSPS) is 14.2. The van der Waals surface area contributed by atoms with E-state index in [1.54, 1.807) is 13.0 Å². The lowest BCUT2D eigenvalue weighted by molar-refractivity contribution is -0.115. The van der Waals surface area contributed by atoms with Crippen LogP contribution in [0.1, 0.15) is 42.1 Å². The van der Waals surface area contributed by atoms with Crippen molar-refractivity contribution < 1.29 is 9.18 Å². The molecule has 1 N–H and O–H groups in total. The molecule has 134 valence electrons. The quantitative estimate of drug-likeness (QED) is 0.811. The third-order valence-electron chi connectivity index (χ3n) is 4.50. The fraction of sp³-hybridized carbons (Fsp3) is 0.350. The molecule has 0 saturated carbocycles. The summed E-state index contributed by atoms with van der Waals surface area (Å²) in [5, 5.41) is 12.3. The zero-order valence-corrected chi connectivity index (χ0v) is 15.6. The lowest BCUT2D eigenvalue weighted by atomic mass is 9.95. The molecule has 3 rings (SSSR count). The van der Waals surface area contributed by atoms with E-state index in [4.69, 9.17) is 0 Å². The first-order chi connectivity index (χ1) is 12.5. The Hall–Kier alpha value is -2.39. The Balaban J connectivity index is 1.77. The maximum atomic E-state index is 13.4. The van der Waals surface area contributed by atoms with Crippen LogP contribution in [0.4, 0.5) is 10.1 Å². The number of fused-ring (bicyclic) bond motifs is 1. The van der Waals surface area contributed by atoms with Gasteiger partial charge in [-0.1, -0.05) is 17.8 Å². The van der Waals surface area contributed by atoms with Crippen molar-refractivity contribution in [3.8, 4) is 6.07 Å². The molecule has 1 atom stereocenters. The average Bonchev–Trinajstić information content (AvgIpc) is 2.64. The van der Waals surface area contributed by atoms with E-state index in [-0.39, 0.29) is 5.91 Å². The molecule has 1 amide bonds. The SMILES string of the molecule is Cc1ccc(F)cc1NC(=O)C(C)Sc1nc2c(cc1C#N)CCCC2. The topological polar surface area (TPSA) is 65.8 Å². The smallest absolute Gasteiger partial charge is 0.237 e. The molecule has 4 nitrogen and oxygen atoms in total. The van der Waals surface area contributed by atoms with Gasteiger partial charge >= 0.3 is 0 Å². The minimum absolute atomic E-state index is 0.243. The van der Waals surface area contributed by atoms with E-state index in [1.165, 1.54) is 23.9 Å². The largest absolute Gasteiger partial charge is 0.325 e. The van der Waals surface area contributed by atoms with Crippen LogP contribution in [0.5, 0.6) is 0 Å². The van der Waals surface area contributed by atoms with Crippen LogP contribution in [0.2, 0.25) is 0 Å². The molecule has 0 radical (unpaired) electrons. The molecule has 1 aliphatic carbocycles. The first-order valence-corrected chi connectivity index (χ1v) is 9.52. The van der Waals surface area contributed by atoms with Crippen molar-refractivity contribution >= 4 is 23.4 Å². The molecule has 26 heavy (non-hydrogen) atoms. The van der Waals surface area contributed by atoms with Crippen LogP contribution in [0.15, 0.2) is 29.3 Å². The van der Waals surface area contributed by atoms with Gasteiger partial charge in [-0.3, -0.25) is 4.79 Å². The monoisotopic (exact) mass is 369 g/mol. The number of nitrogens with zero attached hydrogens (tertiary/aromatic N) is 2. The number of amides is 1. The van der Waals surface area contributed by atoms with Crippen molar-refractivity contribution in [2.24, 2.45) is 0 Å². The number of rotatable bonds is 4. The van der Waals surface area contributed by atoms with E-state index in [0.717, 1.165) is 42.5 Å². The van der Waals surface area contributed by atoms with Gasteiger partial charge in [0.05, 0.1) is 10.8 Å². The highest BCUT2D eigenvalue weighted by molar-refractivity contribution is 8.00. The number of halogens is 1. The number of hydrogen-bond donors (Lipinski definition) is 1. The van der Waals surface area contributed by atoms with E-state index >= 15 is 0 Å². The fourth-order valence-electron chi connectivity index (χ4n) is 2.97. The first-order valence-electron chi connectivity index (χ1n) is 8.64. The molecule has 1 heterocycles. The molecule has 1 aliphatic rings. The Morgan fingerprint density at radius 1 is 1.35 bits per heavy atom. The Kier molecular flexibility index (Phi) is 5.58. The number of aromatic nitrogens is 1. The van der Waals surface area contributed by atoms with E-state index in [1.807, 2.05) is 13.0 Å². The van der Waals surface area contributed by atoms with Crippen molar-refractivity contribution in [1.82, 2.24) is 4.98 Å². The van der Waals surface area contributed by atoms with Gasteiger partial charge in [0.1, 0.15) is 16.9 Å². The van der Waals surface area contributed by atoms with Crippen molar-refractivity contribution in [3.05, 3.63) is 52.5 Å². The zero-order chi connectivity index (χ0) is 18.7. The second-order valence-electron chi connectivity index (χ2n) is 6.47. The summed E-state index contributed by atoms with van der Waals surface area (Å²) in [5.74, 6) is -0.638. The van der Waals surface area contributed by atoms with Crippen molar-refractivity contribution in [3.63, 3.8) is 0 Å². The molecule has 1 unspecified atom stereocenters. The fourth-order valence-corrected chi connectivity index (χ4v) is 3.86. The van der Waals surface area contributed by atoms with E-state index in [0.29, 0.717) is 16.3 Å². The van der Waals surface area contributed by atoms with Gasteiger partial charge < -0.3 is 5.32 Å². The third-order valence-corrected chi connectivity index (χ3v) is 5.60. The summed E-state index contributed by atoms with van der Waals surface area (Å²) in [7, 11) is 0. The van der Waals surface area contributed by atoms with Gasteiger partial charge in [-0.25, -0.2) is 9.37 Å². The Bertz CT molecular complexity index is 891. The van der Waals surface area contributed by atoms with Crippen molar-refractivity contribution in [2.75, 3.05) is 5.32 Å². The third kappa shape index (κ3) is 4.05. The highest BCUT2D eigenvalue weighted by Crippen LogP contribution is 2.30. The molecular weight excluding hydrogens is 349 g/mol. The van der Waals surface area contributed by atoms with Crippen molar-refractivity contribution in [1.29, 1.82) is 5.26 Å². The van der Waals surface area contributed by atoms with Crippen molar-refractivity contribution in [2.45, 2.75) is 49.8 Å². The first kappa shape index (κ1) is 18.4. The Labute approximate surface area is 156 Å². The highest BCUT2D eigenvalue weighted by atomic mass is 32.2. The van der Waals surface area contributed by atoms with Gasteiger partial charge in [-0.15, -0.1) is 0 Å². The van der Waals surface area contributed by atoms with Gasteiger partial charge in [0, 0.05) is 11.4 Å². The minimum atomic E-state index is -0.459. The minimum Gasteiger partial charge on any atom is -0.325 e. The second kappa shape index (κ2) is 7.88. The molecule has 0 fully saturated rings. The summed E-state index contributed by atoms with van der Waals surface area (Å²) in [6, 6.07) is 8.39. The predicted molar refractivity (Wildman–Crippen MR) is 101 cm³/mol. The molecule has 6 heteroatoms. The number of nitrogens with one attached hydrogen (secondary N) is 1. The Morgan fingerprint density at radius 3 is 2.88 bits per heavy atom. The van der Waals surface area contributed by atoms with E-state index < -0.39 is 11.1 Å². The second-order valence-corrected chi connectivity index (χ2v) is 7.80. The zero-order valence-electron chi connectivity index (χ0n) is 14.8. The molecule has 1 aromatic heterocycles. The van der Waals surface area contributed by atoms with Crippen LogP contribution in [0.25, 0.3) is 0 Å². The lowest BCUT2D eigenvalue weighted by Crippen LogP contribution is -2.23. The lowest BCUT2D eigenvalue weighted by Gasteiger charge is -2.18. The maximum Gasteiger partial charge on any atom is 0.237 e. The van der Waals surface area contributed by atoms with Gasteiger partial charge in [-0.2, -0.15) is 5.26 Å². The number of thioether (sulfide) groups is 1. The highest BCUT2D eigenvalue weighted by Gasteiger charge is 2.21. The van der Waals surface area contributed by atoms with Crippen LogP contribution < -0.4 is 5.32 Å². The van der Waals surface area contributed by atoms with Crippen LogP contribution in [-0.4, -0.2) is 16.1 Å². The molecule has 0 aliphatic heterocycles. The summed E-state index contributed by atoms with van der Waals surface area (Å²) in [6.07, 6.45) is 4.09. The van der Waals surface area contributed by atoms with Gasteiger partial charge in [-0.05, 0) is 68.9 Å². The molecular formula is C20H20FN3OS. The number of carbonyl (C=O) groups excluding carboxylic acids is 1. The van der Waals surface area contributed by atoms with Gasteiger partial charge in [0.15, 0.2) is 0 Å². The standard InChI is InChI=1S/C20H20FN3OS/c1-12-7-8-16(21)10-18(12)23-19(25)13(2)26-20-15(11-22)9-14-5-3-4-6-17(14)24-20/h7-10,13H,3-6H2,1-2H3,(H,23,25). The van der Waals surface area contributed by atoms with Crippen LogP contribution in [-0.2, 0) is 17.6 Å². The number of pyridine rings is 1. The molecule has 0 saturated heterocycles. The predicted octanol–water partition coefficient (Wildman–Crippen LogP) is 4.40. The van der Waals surface area contributed by atoms with Crippen LogP contribution in [0, 0.1) is 24.1 Å². The Morgan fingerprint density at radius 2 is 2.12 bits per heavy atom. The summed E-state index contributed by atoms with van der Waals surface area (Å²) in [4.78, 5) is 17.1. The summed E-state index contributed by atoms with van der Waals surface area (Å²) < 4.78 is 13.4. The van der Waals surface area contributed by atoms with E-state index in [2.05, 4.69) is 16.4 Å². The van der Waals surface area contributed by atoms with Crippen LogP contribution >= 0.6 is 11.8 Å². The number of aryl methyl sites for hydroxylation is 3. The summed E-state index contributed by atoms with van der Waals surface area (Å²) in [5.41, 5.74) is 3.94. The van der Waals surface area contributed by atoms with Gasteiger partial charge in [0.25, 0.3) is 0 Å². The summed E-state index contributed by atoms with van der Waals surface area (Å²) in [6.45, 7) is 3.57. The van der Waals surface area contributed by atoms with Gasteiger partial charge in [0.2, 0.25) is 5.91 Å². The number of hydrogen-bond acceptors (Lipinski definition) is 4.